The average molecular weight is 246 g/mol. The second-order valence-electron chi connectivity index (χ2n) is 0.283. The van der Waals surface area contributed by atoms with Gasteiger partial charge in [0.15, 0.2) is 0 Å². The average Bonchev–Trinajstić information content (AvgIpc) is 0.811. The number of hydrogen-bond donors (Lipinski definition) is 2. The zero-order chi connectivity index (χ0) is 3.58. The fourth-order valence-corrected chi connectivity index (χ4v) is 0. The molecule has 0 bridgehead atoms. The Morgan fingerprint density at radius 1 is 0.875 bits per heavy atom. The Balaban J connectivity index is -0.00000000750. The van der Waals surface area contributed by atoms with Gasteiger partial charge in [0.25, 0.3) is 0 Å². The predicted molar refractivity (Wildman–Crippen MR) is 45.1 cm³/mol. The molecule has 0 radical (unpaired) electrons. The Morgan fingerprint density at radius 2 is 0.875 bits per heavy atom. The SMILES string of the molecule is O=[Si](O)O.[CaH2].[CaH2].[CaH2].[CaH2]. The summed E-state index contributed by atoms with van der Waals surface area (Å²) in [5.41, 5.74) is 0. The van der Waals surface area contributed by atoms with Crippen LogP contribution in [0.3, 0.4) is 0 Å². The fourth-order valence-electron chi connectivity index (χ4n) is 0. The molecule has 8 heteroatoms. The Bertz CT molecular complexity index is 34.3. The van der Waals surface area contributed by atoms with E-state index in [0.29, 0.717) is 0 Å². The molecule has 0 saturated heterocycles. The van der Waals surface area contributed by atoms with Gasteiger partial charge >= 0.3 is 160 Å². The van der Waals surface area contributed by atoms with E-state index < -0.39 is 9.17 Å². The standard InChI is InChI=1S/4Ca.H2O3Si.8H/c;;;;1-4(2)3;;;;;;;;/h;;;;1-2H;;;;;;;;. The van der Waals surface area contributed by atoms with Crippen LogP contribution in [-0.4, -0.2) is 170 Å². The first-order valence-electron chi connectivity index (χ1n) is 0.651. The first-order valence-corrected chi connectivity index (χ1v) is 1.95. The first kappa shape index (κ1) is 29.3. The van der Waals surface area contributed by atoms with Gasteiger partial charge < -0.3 is 9.59 Å². The molecule has 0 aromatic carbocycles. The van der Waals surface area contributed by atoms with Gasteiger partial charge in [-0.05, 0) is 0 Å². The van der Waals surface area contributed by atoms with Gasteiger partial charge in [-0.2, -0.15) is 0 Å². The monoisotopic (exact) mass is 246 g/mol. The van der Waals surface area contributed by atoms with E-state index in [1.165, 1.54) is 0 Å². The molecule has 0 aliphatic carbocycles. The second-order valence-corrected chi connectivity index (χ2v) is 0.848. The van der Waals surface area contributed by atoms with E-state index in [2.05, 4.69) is 0 Å². The first-order chi connectivity index (χ1) is 1.73. The van der Waals surface area contributed by atoms with Crippen LogP contribution in [0.1, 0.15) is 0 Å². The van der Waals surface area contributed by atoms with Crippen LogP contribution in [-0.2, 0) is 4.46 Å². The van der Waals surface area contributed by atoms with Gasteiger partial charge in [0, 0.05) is 0 Å². The summed E-state index contributed by atoms with van der Waals surface area (Å²) in [4.78, 5) is 14.3. The van der Waals surface area contributed by atoms with Gasteiger partial charge in [-0.25, -0.2) is 0 Å². The molecule has 0 saturated carbocycles. The van der Waals surface area contributed by atoms with Crippen LogP contribution in [0, 0.1) is 0 Å². The van der Waals surface area contributed by atoms with E-state index in [1.807, 2.05) is 0 Å². The fraction of sp³-hybridized carbons (Fsp3) is 0. The summed E-state index contributed by atoms with van der Waals surface area (Å²) in [6.45, 7) is 0. The molecule has 0 aromatic heterocycles. The molecule has 0 amide bonds. The molecule has 0 heterocycles. The number of hydrogen-bond acceptors (Lipinski definition) is 1. The molecule has 40 valence electrons. The normalized spacial score (nSPS) is 3.00. The van der Waals surface area contributed by atoms with Crippen LogP contribution < -0.4 is 0 Å². The van der Waals surface area contributed by atoms with Crippen molar-refractivity contribution in [1.29, 1.82) is 0 Å². The van der Waals surface area contributed by atoms with Gasteiger partial charge in [-0.15, -0.1) is 0 Å². The van der Waals surface area contributed by atoms with E-state index in [4.69, 9.17) is 14.1 Å². The van der Waals surface area contributed by atoms with Crippen molar-refractivity contribution in [3.8, 4) is 0 Å². The van der Waals surface area contributed by atoms with Gasteiger partial charge in [0.2, 0.25) is 0 Å². The Morgan fingerprint density at radius 3 is 0.875 bits per heavy atom. The minimum absolute atomic E-state index is 0. The van der Waals surface area contributed by atoms with E-state index in [-0.39, 0.29) is 151 Å². The molecular weight excluding hydrogens is 236 g/mol. The van der Waals surface area contributed by atoms with Crippen molar-refractivity contribution in [1.82, 2.24) is 0 Å². The summed E-state index contributed by atoms with van der Waals surface area (Å²) >= 11 is 0. The molecule has 0 atom stereocenters. The van der Waals surface area contributed by atoms with Crippen molar-refractivity contribution in [3.05, 3.63) is 0 Å². The van der Waals surface area contributed by atoms with Crippen molar-refractivity contribution < 1.29 is 14.1 Å². The maximum atomic E-state index is 8.74. The molecule has 8 heavy (non-hydrogen) atoms. The molecule has 0 spiro atoms. The maximum absolute atomic E-state index is 8.74. The molecule has 0 aliphatic heterocycles. The zero-order valence-electron chi connectivity index (χ0n) is 1.80. The third-order valence-electron chi connectivity index (χ3n) is 0. The van der Waals surface area contributed by atoms with Crippen LogP contribution in [0.2, 0.25) is 0 Å². The predicted octanol–water partition coefficient (Wildman–Crippen LogP) is -5.28. The molecule has 0 unspecified atom stereocenters. The quantitative estimate of drug-likeness (QED) is 0.420. The number of rotatable bonds is 0. The van der Waals surface area contributed by atoms with Crippen LogP contribution in [0.25, 0.3) is 0 Å². The van der Waals surface area contributed by atoms with Crippen molar-refractivity contribution in [2.75, 3.05) is 0 Å². The van der Waals surface area contributed by atoms with Crippen LogP contribution in [0.5, 0.6) is 0 Å². The Hall–Kier alpha value is 4.66. The Labute approximate surface area is 169 Å². The zero-order valence-corrected chi connectivity index (χ0v) is 2.80. The van der Waals surface area contributed by atoms with Gasteiger partial charge in [-0.3, -0.25) is 4.46 Å². The van der Waals surface area contributed by atoms with Crippen molar-refractivity contribution >= 4 is 160 Å². The third kappa shape index (κ3) is 45.8. The van der Waals surface area contributed by atoms with Gasteiger partial charge in [0.1, 0.15) is 0 Å². The molecule has 0 aromatic rings. The van der Waals surface area contributed by atoms with Gasteiger partial charge in [-0.1, -0.05) is 0 Å². The van der Waals surface area contributed by atoms with Gasteiger partial charge in [0.05, 0.1) is 0 Å². The van der Waals surface area contributed by atoms with E-state index in [1.54, 1.807) is 0 Å². The third-order valence-corrected chi connectivity index (χ3v) is 0. The summed E-state index contributed by atoms with van der Waals surface area (Å²) in [5, 5.41) is 0. The minimum atomic E-state index is -3.13. The second kappa shape index (κ2) is 22.6. The summed E-state index contributed by atoms with van der Waals surface area (Å²) in [7, 11) is -3.13. The molecule has 0 fully saturated rings. The topological polar surface area (TPSA) is 57.5 Å². The van der Waals surface area contributed by atoms with E-state index in [9.17, 15) is 0 Å². The summed E-state index contributed by atoms with van der Waals surface area (Å²) in [5.74, 6) is 0. The molecule has 0 rings (SSSR count). The van der Waals surface area contributed by atoms with Crippen LogP contribution in [0.15, 0.2) is 0 Å². The molecule has 3 nitrogen and oxygen atoms in total. The van der Waals surface area contributed by atoms with E-state index >= 15 is 0 Å². The van der Waals surface area contributed by atoms with E-state index in [0.717, 1.165) is 0 Å². The molecule has 0 aliphatic rings. The summed E-state index contributed by atoms with van der Waals surface area (Å²) in [6, 6.07) is 0. The Kier molecular flexibility index (Phi) is 82.8. The van der Waals surface area contributed by atoms with Crippen molar-refractivity contribution in [2.45, 2.75) is 0 Å². The molecular formula is H10Ca4O3Si. The summed E-state index contributed by atoms with van der Waals surface area (Å²) < 4.78 is 8.74. The van der Waals surface area contributed by atoms with Crippen LogP contribution in [0.4, 0.5) is 0 Å². The van der Waals surface area contributed by atoms with Crippen LogP contribution >= 0.6 is 0 Å². The van der Waals surface area contributed by atoms with Crippen molar-refractivity contribution in [3.63, 3.8) is 0 Å². The van der Waals surface area contributed by atoms with Crippen molar-refractivity contribution in [2.24, 2.45) is 0 Å². The molecule has 2 N–H and O–H groups in total. The summed E-state index contributed by atoms with van der Waals surface area (Å²) in [6.07, 6.45) is 0.